The van der Waals surface area contributed by atoms with Crippen LogP contribution in [0, 0.1) is 0 Å². The molecular formula is C15H19N3O2S. The van der Waals surface area contributed by atoms with Crippen LogP contribution in [0.25, 0.3) is 10.1 Å². The third-order valence-electron chi connectivity index (χ3n) is 3.90. The molecule has 1 amide bonds. The highest BCUT2D eigenvalue weighted by Crippen LogP contribution is 2.34. The van der Waals surface area contributed by atoms with Crippen LogP contribution in [0.15, 0.2) is 24.3 Å². The quantitative estimate of drug-likeness (QED) is 0.895. The van der Waals surface area contributed by atoms with Gasteiger partial charge in [-0.3, -0.25) is 9.69 Å². The van der Waals surface area contributed by atoms with Crippen LogP contribution in [-0.2, 0) is 0 Å². The summed E-state index contributed by atoms with van der Waals surface area (Å²) in [5.74, 6) is 0.0253. The van der Waals surface area contributed by atoms with Gasteiger partial charge in [-0.25, -0.2) is 0 Å². The smallest absolute Gasteiger partial charge is 0.266 e. The maximum atomic E-state index is 12.6. The van der Waals surface area contributed by atoms with Gasteiger partial charge in [0, 0.05) is 42.8 Å². The molecule has 1 aliphatic heterocycles. The second-order valence-electron chi connectivity index (χ2n) is 5.20. The zero-order chi connectivity index (χ0) is 14.8. The average molecular weight is 305 g/mol. The molecule has 0 spiro atoms. The maximum Gasteiger partial charge on any atom is 0.266 e. The standard InChI is InChI=1S/C15H19N3O2S/c16-13-11-3-1-2-4-12(11)21-14(13)15(20)18-7-5-17(6-8-18)9-10-19/h1-4,19H,5-10,16H2. The number of aliphatic hydroxyl groups is 1. The summed E-state index contributed by atoms with van der Waals surface area (Å²) in [5, 5.41) is 9.91. The highest BCUT2D eigenvalue weighted by atomic mass is 32.1. The minimum atomic E-state index is 0.0253. The summed E-state index contributed by atoms with van der Waals surface area (Å²) < 4.78 is 1.05. The predicted molar refractivity (Wildman–Crippen MR) is 85.7 cm³/mol. The Hall–Kier alpha value is -1.63. The predicted octanol–water partition coefficient (Wildman–Crippen LogP) is 1.23. The molecule has 0 radical (unpaired) electrons. The molecule has 2 aromatic rings. The number of carbonyl (C=O) groups excluding carboxylic acids is 1. The number of nitrogen functional groups attached to an aromatic ring is 1. The summed E-state index contributed by atoms with van der Waals surface area (Å²) in [6.07, 6.45) is 0. The van der Waals surface area contributed by atoms with Gasteiger partial charge in [-0.2, -0.15) is 0 Å². The number of fused-ring (bicyclic) bond motifs is 1. The van der Waals surface area contributed by atoms with Gasteiger partial charge in [0.25, 0.3) is 5.91 Å². The second-order valence-corrected chi connectivity index (χ2v) is 6.25. The molecular weight excluding hydrogens is 286 g/mol. The number of hydrogen-bond donors (Lipinski definition) is 2. The molecule has 2 heterocycles. The molecule has 3 rings (SSSR count). The second kappa shape index (κ2) is 6.01. The van der Waals surface area contributed by atoms with Crippen molar-refractivity contribution in [2.45, 2.75) is 0 Å². The molecule has 0 unspecified atom stereocenters. The van der Waals surface area contributed by atoms with E-state index in [1.807, 2.05) is 29.2 Å². The Kier molecular flexibility index (Phi) is 4.10. The molecule has 0 bridgehead atoms. The Bertz CT molecular complexity index is 647. The Balaban J connectivity index is 1.77. The topological polar surface area (TPSA) is 69.8 Å². The number of nitrogens with two attached hydrogens (primary N) is 1. The van der Waals surface area contributed by atoms with Crippen molar-refractivity contribution in [3.63, 3.8) is 0 Å². The van der Waals surface area contributed by atoms with E-state index in [1.54, 1.807) is 0 Å². The zero-order valence-corrected chi connectivity index (χ0v) is 12.6. The fourth-order valence-electron chi connectivity index (χ4n) is 2.68. The summed E-state index contributed by atoms with van der Waals surface area (Å²) >= 11 is 1.47. The highest BCUT2D eigenvalue weighted by Gasteiger charge is 2.25. The first-order valence-corrected chi connectivity index (χ1v) is 7.92. The van der Waals surface area contributed by atoms with Gasteiger partial charge in [-0.1, -0.05) is 18.2 Å². The lowest BCUT2D eigenvalue weighted by molar-refractivity contribution is 0.0620. The fraction of sp³-hybridized carbons (Fsp3) is 0.400. The van der Waals surface area contributed by atoms with Crippen LogP contribution in [0.2, 0.25) is 0 Å². The molecule has 1 aliphatic rings. The van der Waals surface area contributed by atoms with Crippen molar-refractivity contribution < 1.29 is 9.90 Å². The first kappa shape index (κ1) is 14.3. The van der Waals surface area contributed by atoms with Gasteiger partial charge in [0.2, 0.25) is 0 Å². The van der Waals surface area contributed by atoms with E-state index >= 15 is 0 Å². The van der Waals surface area contributed by atoms with Crippen molar-refractivity contribution in [1.82, 2.24) is 9.80 Å². The average Bonchev–Trinajstić information content (AvgIpc) is 2.85. The van der Waals surface area contributed by atoms with Crippen LogP contribution < -0.4 is 5.73 Å². The largest absolute Gasteiger partial charge is 0.397 e. The number of aliphatic hydroxyl groups excluding tert-OH is 1. The third kappa shape index (κ3) is 2.74. The molecule has 1 aromatic heterocycles. The van der Waals surface area contributed by atoms with Crippen molar-refractivity contribution in [2.24, 2.45) is 0 Å². The van der Waals surface area contributed by atoms with Crippen molar-refractivity contribution in [3.8, 4) is 0 Å². The molecule has 5 nitrogen and oxygen atoms in total. The number of thiophene rings is 1. The van der Waals surface area contributed by atoms with E-state index in [2.05, 4.69) is 4.90 Å². The zero-order valence-electron chi connectivity index (χ0n) is 11.8. The summed E-state index contributed by atoms with van der Waals surface area (Å²) in [6, 6.07) is 7.84. The number of amides is 1. The van der Waals surface area contributed by atoms with Crippen LogP contribution in [0.4, 0.5) is 5.69 Å². The molecule has 1 saturated heterocycles. The minimum absolute atomic E-state index is 0.0253. The van der Waals surface area contributed by atoms with E-state index in [0.29, 0.717) is 30.2 Å². The van der Waals surface area contributed by atoms with E-state index in [4.69, 9.17) is 10.8 Å². The number of β-amino-alcohol motifs (C(OH)–C–C–N with tert-alkyl or cyclic N) is 1. The number of benzene rings is 1. The lowest BCUT2D eigenvalue weighted by Gasteiger charge is -2.34. The summed E-state index contributed by atoms with van der Waals surface area (Å²) in [6.45, 7) is 3.82. The molecule has 1 aromatic carbocycles. The Labute approximate surface area is 127 Å². The van der Waals surface area contributed by atoms with Crippen LogP contribution in [0.1, 0.15) is 9.67 Å². The summed E-state index contributed by atoms with van der Waals surface area (Å²) in [5.41, 5.74) is 6.74. The van der Waals surface area contributed by atoms with E-state index < -0.39 is 0 Å². The van der Waals surface area contributed by atoms with Crippen LogP contribution in [0.5, 0.6) is 0 Å². The van der Waals surface area contributed by atoms with Gasteiger partial charge in [0.05, 0.1) is 12.3 Å². The molecule has 3 N–H and O–H groups in total. The third-order valence-corrected chi connectivity index (χ3v) is 5.08. The van der Waals surface area contributed by atoms with Gasteiger partial charge in [-0.15, -0.1) is 11.3 Å². The summed E-state index contributed by atoms with van der Waals surface area (Å²) in [4.78, 5) is 17.3. The van der Waals surface area contributed by atoms with Crippen molar-refractivity contribution in [1.29, 1.82) is 0 Å². The minimum Gasteiger partial charge on any atom is -0.397 e. The van der Waals surface area contributed by atoms with Gasteiger partial charge in [0.15, 0.2) is 0 Å². The number of anilines is 1. The number of hydrogen-bond acceptors (Lipinski definition) is 5. The summed E-state index contributed by atoms with van der Waals surface area (Å²) in [7, 11) is 0. The first-order chi connectivity index (χ1) is 10.2. The first-order valence-electron chi connectivity index (χ1n) is 7.10. The van der Waals surface area contributed by atoms with Crippen LogP contribution >= 0.6 is 11.3 Å². The van der Waals surface area contributed by atoms with E-state index in [9.17, 15) is 4.79 Å². The van der Waals surface area contributed by atoms with E-state index in [1.165, 1.54) is 11.3 Å². The molecule has 6 heteroatoms. The van der Waals surface area contributed by atoms with Crippen molar-refractivity contribution in [3.05, 3.63) is 29.1 Å². The van der Waals surface area contributed by atoms with Gasteiger partial charge in [-0.05, 0) is 6.07 Å². The molecule has 112 valence electrons. The van der Waals surface area contributed by atoms with E-state index in [-0.39, 0.29) is 12.5 Å². The molecule has 0 aliphatic carbocycles. The van der Waals surface area contributed by atoms with Crippen LogP contribution in [0.3, 0.4) is 0 Å². The Morgan fingerprint density at radius 1 is 1.24 bits per heavy atom. The highest BCUT2D eigenvalue weighted by molar-refractivity contribution is 7.21. The maximum absolute atomic E-state index is 12.6. The number of piperazine rings is 1. The lowest BCUT2D eigenvalue weighted by Crippen LogP contribution is -2.49. The normalized spacial score (nSPS) is 16.5. The number of nitrogens with zero attached hydrogens (tertiary/aromatic N) is 2. The molecule has 0 saturated carbocycles. The molecule has 21 heavy (non-hydrogen) atoms. The van der Waals surface area contributed by atoms with E-state index in [0.717, 1.165) is 23.2 Å². The van der Waals surface area contributed by atoms with Crippen LogP contribution in [-0.4, -0.2) is 60.1 Å². The molecule has 1 fully saturated rings. The van der Waals surface area contributed by atoms with Crippen molar-refractivity contribution in [2.75, 3.05) is 45.1 Å². The Morgan fingerprint density at radius 3 is 2.62 bits per heavy atom. The van der Waals surface area contributed by atoms with Gasteiger partial charge < -0.3 is 15.7 Å². The lowest BCUT2D eigenvalue weighted by atomic mass is 10.2. The SMILES string of the molecule is Nc1c(C(=O)N2CCN(CCO)CC2)sc2ccccc12. The fourth-order valence-corrected chi connectivity index (χ4v) is 3.77. The van der Waals surface area contributed by atoms with Gasteiger partial charge in [0.1, 0.15) is 4.88 Å². The van der Waals surface area contributed by atoms with Gasteiger partial charge >= 0.3 is 0 Å². The number of carbonyl (C=O) groups is 1. The Morgan fingerprint density at radius 2 is 1.95 bits per heavy atom. The number of rotatable bonds is 3. The molecule has 0 atom stereocenters. The van der Waals surface area contributed by atoms with Crippen molar-refractivity contribution >= 4 is 33.0 Å². The monoisotopic (exact) mass is 305 g/mol.